The third-order valence-corrected chi connectivity index (χ3v) is 4.21. The van der Waals surface area contributed by atoms with Gasteiger partial charge in [0.2, 0.25) is 0 Å². The Morgan fingerprint density at radius 1 is 1.38 bits per heavy atom. The predicted molar refractivity (Wildman–Crippen MR) is 72.0 cm³/mol. The molecule has 3 N–H and O–H groups in total. The van der Waals surface area contributed by atoms with Gasteiger partial charge in [0.05, 0.1) is 0 Å². The van der Waals surface area contributed by atoms with Gasteiger partial charge in [-0.2, -0.15) is 0 Å². The quantitative estimate of drug-likeness (QED) is 0.789. The highest BCUT2D eigenvalue weighted by Crippen LogP contribution is 2.31. The van der Waals surface area contributed by atoms with Crippen LogP contribution in [0.2, 0.25) is 0 Å². The Morgan fingerprint density at radius 2 is 2.19 bits per heavy atom. The maximum absolute atomic E-state index is 5.80. The number of hydrogen-bond acceptors (Lipinski definition) is 3. The Bertz CT molecular complexity index is 340. The maximum Gasteiger partial charge on any atom is 0.0480 e. The van der Waals surface area contributed by atoms with Gasteiger partial charge >= 0.3 is 0 Å². The molecule has 2 atom stereocenters. The number of nitrogens with two attached hydrogens (primary N) is 1. The van der Waals surface area contributed by atoms with E-state index < -0.39 is 0 Å². The summed E-state index contributed by atoms with van der Waals surface area (Å²) >= 11 is 1.79. The first-order valence-corrected chi connectivity index (χ1v) is 7.17. The van der Waals surface area contributed by atoms with Crippen LogP contribution in [0.5, 0.6) is 0 Å². The number of anilines is 1. The van der Waals surface area contributed by atoms with Gasteiger partial charge in [0, 0.05) is 16.6 Å². The van der Waals surface area contributed by atoms with Crippen LogP contribution in [0.25, 0.3) is 0 Å². The Balaban J connectivity index is 2.08. The fourth-order valence-electron chi connectivity index (χ4n) is 2.47. The van der Waals surface area contributed by atoms with Gasteiger partial charge in [-0.3, -0.25) is 0 Å². The molecule has 88 valence electrons. The van der Waals surface area contributed by atoms with Crippen molar-refractivity contribution < 1.29 is 0 Å². The van der Waals surface area contributed by atoms with Gasteiger partial charge in [0.25, 0.3) is 0 Å². The Kier molecular flexibility index (Phi) is 4.13. The molecule has 1 aliphatic rings. The normalized spacial score (nSPS) is 24.6. The average molecular weight is 236 g/mol. The molecule has 0 heterocycles. The van der Waals surface area contributed by atoms with Crippen LogP contribution in [0, 0.1) is 5.92 Å². The first-order chi connectivity index (χ1) is 7.85. The third kappa shape index (κ3) is 2.53. The summed E-state index contributed by atoms with van der Waals surface area (Å²) in [6, 6.07) is 9.08. The molecule has 3 heteroatoms. The summed E-state index contributed by atoms with van der Waals surface area (Å²) in [7, 11) is 0. The summed E-state index contributed by atoms with van der Waals surface area (Å²) in [4.78, 5) is 1.32. The van der Waals surface area contributed by atoms with E-state index in [0.29, 0.717) is 12.0 Å². The molecule has 2 nitrogen and oxygen atoms in total. The number of para-hydroxylation sites is 1. The zero-order valence-electron chi connectivity index (χ0n) is 9.78. The van der Waals surface area contributed by atoms with Crippen LogP contribution in [0.15, 0.2) is 29.2 Å². The molecule has 1 saturated carbocycles. The molecule has 0 amide bonds. The van der Waals surface area contributed by atoms with Crippen LogP contribution in [0.1, 0.15) is 19.3 Å². The van der Waals surface area contributed by atoms with Gasteiger partial charge < -0.3 is 11.1 Å². The van der Waals surface area contributed by atoms with Crippen molar-refractivity contribution in [2.45, 2.75) is 30.2 Å². The van der Waals surface area contributed by atoms with Crippen molar-refractivity contribution in [2.24, 2.45) is 11.7 Å². The Hall–Kier alpha value is -0.670. The zero-order chi connectivity index (χ0) is 11.4. The van der Waals surface area contributed by atoms with E-state index in [-0.39, 0.29) is 0 Å². The lowest BCUT2D eigenvalue weighted by atomic mass is 10.0. The molecule has 0 aliphatic heterocycles. The minimum Gasteiger partial charge on any atom is -0.381 e. The summed E-state index contributed by atoms with van der Waals surface area (Å²) in [6.07, 6.45) is 5.96. The van der Waals surface area contributed by atoms with Crippen molar-refractivity contribution in [3.8, 4) is 0 Å². The third-order valence-electron chi connectivity index (χ3n) is 3.41. The summed E-state index contributed by atoms with van der Waals surface area (Å²) < 4.78 is 0. The zero-order valence-corrected chi connectivity index (χ0v) is 10.6. The van der Waals surface area contributed by atoms with Crippen LogP contribution in [0.4, 0.5) is 5.69 Å². The van der Waals surface area contributed by atoms with Crippen molar-refractivity contribution in [1.29, 1.82) is 0 Å². The highest BCUT2D eigenvalue weighted by molar-refractivity contribution is 7.98. The van der Waals surface area contributed by atoms with E-state index in [4.69, 9.17) is 5.73 Å². The molecule has 2 rings (SSSR count). The highest BCUT2D eigenvalue weighted by Gasteiger charge is 2.26. The van der Waals surface area contributed by atoms with Crippen LogP contribution in [-0.4, -0.2) is 18.8 Å². The maximum atomic E-state index is 5.80. The van der Waals surface area contributed by atoms with Crippen molar-refractivity contribution >= 4 is 17.4 Å². The van der Waals surface area contributed by atoms with E-state index in [1.807, 2.05) is 0 Å². The van der Waals surface area contributed by atoms with Crippen molar-refractivity contribution in [3.63, 3.8) is 0 Å². The topological polar surface area (TPSA) is 38.0 Å². The molecule has 16 heavy (non-hydrogen) atoms. The second kappa shape index (κ2) is 5.60. The van der Waals surface area contributed by atoms with Crippen molar-refractivity contribution in [1.82, 2.24) is 0 Å². The minimum atomic E-state index is 0.568. The molecule has 1 aromatic rings. The minimum absolute atomic E-state index is 0.568. The second-order valence-electron chi connectivity index (χ2n) is 4.38. The van der Waals surface area contributed by atoms with Gasteiger partial charge in [-0.05, 0) is 43.7 Å². The van der Waals surface area contributed by atoms with E-state index in [1.165, 1.54) is 29.8 Å². The molecule has 1 aliphatic carbocycles. The molecule has 0 radical (unpaired) electrons. The fraction of sp³-hybridized carbons (Fsp3) is 0.538. The molecule has 0 aromatic heterocycles. The SMILES string of the molecule is CSc1ccccc1NC1CCCC1CN. The molecule has 1 fully saturated rings. The molecule has 0 spiro atoms. The highest BCUT2D eigenvalue weighted by atomic mass is 32.2. The number of rotatable bonds is 4. The van der Waals surface area contributed by atoms with E-state index >= 15 is 0 Å². The number of benzene rings is 1. The standard InChI is InChI=1S/C13H20N2S/c1-16-13-8-3-2-6-12(13)15-11-7-4-5-10(11)9-14/h2-3,6,8,10-11,15H,4-5,7,9,14H2,1H3. The first-order valence-electron chi connectivity index (χ1n) is 5.94. The van der Waals surface area contributed by atoms with E-state index in [1.54, 1.807) is 11.8 Å². The molecule has 0 saturated heterocycles. The van der Waals surface area contributed by atoms with E-state index in [0.717, 1.165) is 6.54 Å². The largest absolute Gasteiger partial charge is 0.381 e. The number of hydrogen-bond donors (Lipinski definition) is 2. The summed E-state index contributed by atoms with van der Waals surface area (Å²) in [5, 5.41) is 3.66. The van der Waals surface area contributed by atoms with E-state index in [9.17, 15) is 0 Å². The lowest BCUT2D eigenvalue weighted by Crippen LogP contribution is -2.29. The van der Waals surface area contributed by atoms with Gasteiger partial charge in [0.15, 0.2) is 0 Å². The lowest BCUT2D eigenvalue weighted by molar-refractivity contribution is 0.516. The van der Waals surface area contributed by atoms with Crippen LogP contribution < -0.4 is 11.1 Å². The van der Waals surface area contributed by atoms with Crippen LogP contribution in [-0.2, 0) is 0 Å². The van der Waals surface area contributed by atoms with Crippen molar-refractivity contribution in [3.05, 3.63) is 24.3 Å². The predicted octanol–water partition coefficient (Wildman–Crippen LogP) is 2.95. The molecular weight excluding hydrogens is 216 g/mol. The first kappa shape index (κ1) is 11.8. The Labute approximate surface area is 102 Å². The van der Waals surface area contributed by atoms with Crippen LogP contribution >= 0.6 is 11.8 Å². The van der Waals surface area contributed by atoms with Gasteiger partial charge in [0.1, 0.15) is 0 Å². The summed E-state index contributed by atoms with van der Waals surface area (Å²) in [5.74, 6) is 0.648. The summed E-state index contributed by atoms with van der Waals surface area (Å²) in [5.41, 5.74) is 7.07. The smallest absolute Gasteiger partial charge is 0.0480 e. The second-order valence-corrected chi connectivity index (χ2v) is 5.23. The molecule has 2 unspecified atom stereocenters. The number of nitrogens with one attached hydrogen (secondary N) is 1. The lowest BCUT2D eigenvalue weighted by Gasteiger charge is -2.22. The molecule has 0 bridgehead atoms. The molecule has 1 aromatic carbocycles. The fourth-order valence-corrected chi connectivity index (χ4v) is 3.03. The van der Waals surface area contributed by atoms with E-state index in [2.05, 4.69) is 35.8 Å². The molecular formula is C13H20N2S. The monoisotopic (exact) mass is 236 g/mol. The van der Waals surface area contributed by atoms with Crippen molar-refractivity contribution in [2.75, 3.05) is 18.1 Å². The average Bonchev–Trinajstić information content (AvgIpc) is 2.77. The van der Waals surface area contributed by atoms with Gasteiger partial charge in [-0.25, -0.2) is 0 Å². The Morgan fingerprint density at radius 3 is 2.94 bits per heavy atom. The van der Waals surface area contributed by atoms with Crippen LogP contribution in [0.3, 0.4) is 0 Å². The van der Waals surface area contributed by atoms with Gasteiger partial charge in [-0.1, -0.05) is 18.6 Å². The number of thioether (sulfide) groups is 1. The van der Waals surface area contributed by atoms with Gasteiger partial charge in [-0.15, -0.1) is 11.8 Å². The summed E-state index contributed by atoms with van der Waals surface area (Å²) in [6.45, 7) is 0.805.